The number of aromatic amines is 2. The van der Waals surface area contributed by atoms with Crippen molar-refractivity contribution in [2.24, 2.45) is 0 Å². The molecule has 3 aromatic heterocycles. The minimum atomic E-state index is 0. The first-order chi connectivity index (χ1) is 14.8. The maximum absolute atomic E-state index is 4.62. The zero-order chi connectivity index (χ0) is 20.2. The molecule has 5 heterocycles. The van der Waals surface area contributed by atoms with Crippen molar-refractivity contribution in [2.45, 2.75) is 0 Å². The van der Waals surface area contributed by atoms with Crippen molar-refractivity contribution in [1.29, 1.82) is 0 Å². The first-order valence-electron chi connectivity index (χ1n) is 9.76. The second kappa shape index (κ2) is 14.6. The molecule has 8 bridgehead atoms. The number of benzene rings is 1. The smallest absolute Gasteiger partial charge is 0.412 e. The Balaban J connectivity index is 0.000000936. The van der Waals surface area contributed by atoms with E-state index in [0.29, 0.717) is 0 Å². The Labute approximate surface area is 217 Å². The van der Waals surface area contributed by atoms with Crippen molar-refractivity contribution in [1.82, 2.24) is 19.9 Å². The first-order valence-corrected chi connectivity index (χ1v) is 9.76. The molecule has 0 atom stereocenters. The summed E-state index contributed by atoms with van der Waals surface area (Å²) >= 11 is 0. The van der Waals surface area contributed by atoms with Gasteiger partial charge in [0.05, 0.1) is 22.8 Å². The van der Waals surface area contributed by atoms with Crippen LogP contribution in [0.1, 0.15) is 22.8 Å². The van der Waals surface area contributed by atoms with Crippen LogP contribution in [0.3, 0.4) is 0 Å². The van der Waals surface area contributed by atoms with Crippen molar-refractivity contribution in [3.63, 3.8) is 0 Å². The minimum absolute atomic E-state index is 0. The van der Waals surface area contributed by atoms with Gasteiger partial charge in [0.2, 0.25) is 0 Å². The Hall–Kier alpha value is -3.60. The number of aromatic nitrogens is 4. The number of nitrogens with zero attached hydrogens (tertiary/aromatic N) is 2. The molecule has 9 heteroatoms. The Kier molecular flexibility index (Phi) is 13.1. The van der Waals surface area contributed by atoms with Gasteiger partial charge in [0.15, 0.2) is 0 Å². The van der Waals surface area contributed by atoms with Gasteiger partial charge in [-0.1, -0.05) is 0 Å². The van der Waals surface area contributed by atoms with Crippen LogP contribution in [0.5, 0.6) is 0 Å². The molecule has 2 aliphatic rings. The number of rotatable bonds is 0. The molecule has 0 spiro atoms. The average molecular weight is 567 g/mol. The summed E-state index contributed by atoms with van der Waals surface area (Å²) in [5, 5.41) is 0. The van der Waals surface area contributed by atoms with Gasteiger partial charge in [-0.05, 0) is 72.8 Å². The summed E-state index contributed by atoms with van der Waals surface area (Å²) in [6.07, 6.45) is 8.05. The summed E-state index contributed by atoms with van der Waals surface area (Å²) in [6.45, 7) is 0. The number of H-pyrrole nitrogens is 2. The zero-order valence-electron chi connectivity index (χ0n) is 18.5. The molecule has 10 N–H and O–H groups in total. The van der Waals surface area contributed by atoms with Gasteiger partial charge in [-0.15, -0.1) is 0 Å². The molecule has 4 aromatic rings. The summed E-state index contributed by atoms with van der Waals surface area (Å²) in [5.74, 6) is 0. The maximum Gasteiger partial charge on any atom is 1.00 e. The van der Waals surface area contributed by atoms with Crippen LogP contribution < -0.4 is 0 Å². The quantitative estimate of drug-likeness (QED) is 0.212. The number of nitrogens with one attached hydrogen (secondary N) is 2. The standard InChI is InChI=1S/C20H14N4.C6H5.Ag.4H2O/c1-2-14-10-16-5-6-18(23-16)12-20-8-7-19(24-20)11-17-4-3-15(22-17)9-13(1)21-14;1-2-4-6-5-3-1;;;;;/h1-12,21-22H;1-5H;;4*1H2/q;-1;+1;;;;. The number of fused-ring (bicyclic) bond motifs is 8. The third kappa shape index (κ3) is 8.29. The monoisotopic (exact) mass is 566 g/mol. The van der Waals surface area contributed by atoms with Crippen LogP contribution in [0.4, 0.5) is 0 Å². The van der Waals surface area contributed by atoms with E-state index in [1.807, 2.05) is 72.8 Å². The largest absolute Gasteiger partial charge is 1.00 e. The normalized spacial score (nSPS) is 10.1. The second-order valence-electron chi connectivity index (χ2n) is 6.98. The van der Waals surface area contributed by atoms with Crippen LogP contribution in [-0.2, 0) is 22.4 Å². The number of hydrogen-bond donors (Lipinski definition) is 2. The van der Waals surface area contributed by atoms with Gasteiger partial charge in [-0.2, -0.15) is 36.4 Å². The molecule has 6 rings (SSSR count). The molecule has 35 heavy (non-hydrogen) atoms. The van der Waals surface area contributed by atoms with Gasteiger partial charge in [0, 0.05) is 22.1 Å². The van der Waals surface area contributed by atoms with Crippen molar-refractivity contribution in [3.8, 4) is 0 Å². The summed E-state index contributed by atoms with van der Waals surface area (Å²) in [6, 6.07) is 28.9. The fraction of sp³-hybridized carbons (Fsp3) is 0. The summed E-state index contributed by atoms with van der Waals surface area (Å²) < 4.78 is 0. The minimum Gasteiger partial charge on any atom is -0.412 e. The van der Waals surface area contributed by atoms with Crippen molar-refractivity contribution < 1.29 is 44.3 Å². The third-order valence-electron chi connectivity index (χ3n) is 4.65. The van der Waals surface area contributed by atoms with E-state index in [2.05, 4.69) is 56.3 Å². The Morgan fingerprint density at radius 2 is 0.857 bits per heavy atom. The van der Waals surface area contributed by atoms with E-state index in [9.17, 15) is 0 Å². The van der Waals surface area contributed by atoms with Crippen LogP contribution in [0.2, 0.25) is 0 Å². The van der Waals surface area contributed by atoms with E-state index in [1.54, 1.807) is 0 Å². The predicted molar refractivity (Wildman–Crippen MR) is 139 cm³/mol. The van der Waals surface area contributed by atoms with Crippen LogP contribution in [0.25, 0.3) is 46.4 Å². The molecule has 0 fully saturated rings. The molecule has 2 aliphatic heterocycles. The molecule has 1 aromatic carbocycles. The van der Waals surface area contributed by atoms with Gasteiger partial charge in [-0.3, -0.25) is 0 Å². The second-order valence-corrected chi connectivity index (χ2v) is 6.98. The maximum atomic E-state index is 4.62. The topological polar surface area (TPSA) is 183 Å². The molecule has 0 unspecified atom stereocenters. The summed E-state index contributed by atoms with van der Waals surface area (Å²) in [5.41, 5.74) is 7.86. The molecule has 186 valence electrons. The predicted octanol–water partition coefficient (Wildman–Crippen LogP) is 2.84. The van der Waals surface area contributed by atoms with E-state index in [4.69, 9.17) is 0 Å². The van der Waals surface area contributed by atoms with Crippen LogP contribution in [0.15, 0.2) is 78.9 Å². The van der Waals surface area contributed by atoms with E-state index in [-0.39, 0.29) is 44.3 Å². The molecule has 0 radical (unpaired) electrons. The van der Waals surface area contributed by atoms with Crippen LogP contribution in [0, 0.1) is 6.07 Å². The third-order valence-corrected chi connectivity index (χ3v) is 4.65. The fourth-order valence-corrected chi connectivity index (χ4v) is 3.29. The van der Waals surface area contributed by atoms with E-state index in [1.165, 1.54) is 0 Å². The molecule has 0 saturated heterocycles. The van der Waals surface area contributed by atoms with Gasteiger partial charge < -0.3 is 31.9 Å². The van der Waals surface area contributed by atoms with Gasteiger partial charge >= 0.3 is 22.4 Å². The van der Waals surface area contributed by atoms with Gasteiger partial charge in [0.25, 0.3) is 0 Å². The first kappa shape index (κ1) is 31.4. The number of hydrogen-bond acceptors (Lipinski definition) is 2. The molecular weight excluding hydrogens is 540 g/mol. The van der Waals surface area contributed by atoms with Crippen LogP contribution in [-0.4, -0.2) is 41.8 Å². The average Bonchev–Trinajstić information content (AvgIpc) is 3.56. The summed E-state index contributed by atoms with van der Waals surface area (Å²) in [7, 11) is 0. The van der Waals surface area contributed by atoms with Gasteiger partial charge in [-0.25, -0.2) is 9.97 Å². The van der Waals surface area contributed by atoms with Crippen molar-refractivity contribution in [2.75, 3.05) is 0 Å². The van der Waals surface area contributed by atoms with E-state index >= 15 is 0 Å². The Morgan fingerprint density at radius 3 is 1.20 bits per heavy atom. The summed E-state index contributed by atoms with van der Waals surface area (Å²) in [4.78, 5) is 16.0. The molecule has 0 saturated carbocycles. The van der Waals surface area contributed by atoms with Crippen molar-refractivity contribution >= 4 is 46.4 Å². The van der Waals surface area contributed by atoms with Crippen LogP contribution >= 0.6 is 0 Å². The Bertz CT molecular complexity index is 1300. The van der Waals surface area contributed by atoms with Crippen molar-refractivity contribution in [3.05, 3.63) is 108 Å². The molecule has 0 amide bonds. The molecule has 8 nitrogen and oxygen atoms in total. The molecule has 0 aliphatic carbocycles. The van der Waals surface area contributed by atoms with E-state index < -0.39 is 0 Å². The fourth-order valence-electron chi connectivity index (χ4n) is 3.29. The molecular formula is C26H27AgN4O4. The van der Waals surface area contributed by atoms with E-state index in [0.717, 1.165) is 44.8 Å². The SMILES string of the molecule is C1=Cc2cc3ccc(cc4ccc(cc5nc(cc1n2)C=C5)[nH]4)[nH]3.O.O.O.O.[Ag+].[c-]1ccccc1. The van der Waals surface area contributed by atoms with Gasteiger partial charge in [0.1, 0.15) is 0 Å². The Morgan fingerprint density at radius 1 is 0.486 bits per heavy atom. The zero-order valence-corrected chi connectivity index (χ0v) is 20.0.